The fraction of sp³-hybridized carbons (Fsp3) is 0.280. The van der Waals surface area contributed by atoms with Gasteiger partial charge in [-0.2, -0.15) is 0 Å². The number of aromatic amines is 1. The van der Waals surface area contributed by atoms with Crippen molar-refractivity contribution in [2.24, 2.45) is 0 Å². The number of fused-ring (bicyclic) bond motifs is 1. The Labute approximate surface area is 195 Å². The van der Waals surface area contributed by atoms with Crippen molar-refractivity contribution in [1.29, 1.82) is 0 Å². The summed E-state index contributed by atoms with van der Waals surface area (Å²) in [6, 6.07) is 17.0. The summed E-state index contributed by atoms with van der Waals surface area (Å²) in [5.74, 6) is 0. The molecule has 170 valence electrons. The monoisotopic (exact) mass is 464 g/mol. The second-order valence-corrected chi connectivity index (χ2v) is 8.75. The van der Waals surface area contributed by atoms with E-state index in [9.17, 15) is 9.59 Å². The maximum Gasteiger partial charge on any atom is 0.274 e. The maximum atomic E-state index is 13.0. The number of nitrogens with one attached hydrogen (secondary N) is 1. The van der Waals surface area contributed by atoms with E-state index in [0.29, 0.717) is 33.9 Å². The number of nitrogens with zero attached hydrogens (tertiary/aromatic N) is 3. The van der Waals surface area contributed by atoms with E-state index in [1.165, 1.54) is 11.6 Å². The van der Waals surface area contributed by atoms with Crippen molar-refractivity contribution in [1.82, 2.24) is 19.2 Å². The van der Waals surface area contributed by atoms with Gasteiger partial charge in [-0.1, -0.05) is 48.0 Å². The molecule has 1 saturated heterocycles. The molecule has 1 fully saturated rings. The lowest BCUT2D eigenvalue weighted by atomic mass is 10.1. The van der Waals surface area contributed by atoms with E-state index in [1.54, 1.807) is 21.4 Å². The van der Waals surface area contributed by atoms with Gasteiger partial charge in [0.25, 0.3) is 11.1 Å². The molecule has 2 aromatic heterocycles. The molecule has 1 N–H and O–H groups in total. The van der Waals surface area contributed by atoms with E-state index < -0.39 is 0 Å². The molecule has 1 aliphatic heterocycles. The molecule has 8 heteroatoms. The molecule has 2 aromatic carbocycles. The first-order valence-corrected chi connectivity index (χ1v) is 11.4. The molecule has 0 aliphatic carbocycles. The van der Waals surface area contributed by atoms with Crippen molar-refractivity contribution in [3.8, 4) is 5.69 Å². The van der Waals surface area contributed by atoms with Gasteiger partial charge in [-0.05, 0) is 30.2 Å². The number of ether oxygens (including phenoxy) is 1. The van der Waals surface area contributed by atoms with E-state index in [1.807, 2.05) is 31.2 Å². The van der Waals surface area contributed by atoms with Crippen molar-refractivity contribution < 1.29 is 4.74 Å². The lowest BCUT2D eigenvalue weighted by Gasteiger charge is -2.26. The summed E-state index contributed by atoms with van der Waals surface area (Å²) >= 11 is 6.33. The van der Waals surface area contributed by atoms with Crippen LogP contribution in [0.5, 0.6) is 0 Å². The Kier molecular flexibility index (Phi) is 5.93. The predicted molar refractivity (Wildman–Crippen MR) is 130 cm³/mol. The summed E-state index contributed by atoms with van der Waals surface area (Å²) in [5, 5.41) is 3.80. The van der Waals surface area contributed by atoms with E-state index in [4.69, 9.17) is 16.3 Å². The lowest BCUT2D eigenvalue weighted by molar-refractivity contribution is 0.0342. The highest BCUT2D eigenvalue weighted by molar-refractivity contribution is 6.32. The number of hydrogen-bond acceptors (Lipinski definition) is 4. The molecule has 7 nitrogen and oxygen atoms in total. The van der Waals surface area contributed by atoms with Crippen LogP contribution in [0.1, 0.15) is 16.8 Å². The number of aryl methyl sites for hydroxylation is 1. The largest absolute Gasteiger partial charge is 0.379 e. The van der Waals surface area contributed by atoms with Crippen LogP contribution < -0.4 is 11.1 Å². The van der Waals surface area contributed by atoms with Gasteiger partial charge in [0.2, 0.25) is 0 Å². The van der Waals surface area contributed by atoms with Crippen LogP contribution in [0.25, 0.3) is 16.6 Å². The second-order valence-electron chi connectivity index (χ2n) is 8.35. The summed E-state index contributed by atoms with van der Waals surface area (Å²) in [5.41, 5.74) is 3.59. The minimum atomic E-state index is -0.253. The van der Waals surface area contributed by atoms with Crippen LogP contribution in [-0.2, 0) is 17.8 Å². The van der Waals surface area contributed by atoms with E-state index in [-0.39, 0.29) is 11.1 Å². The number of para-hydroxylation sites is 1. The van der Waals surface area contributed by atoms with Gasteiger partial charge in [0.15, 0.2) is 0 Å². The van der Waals surface area contributed by atoms with Crippen molar-refractivity contribution in [2.45, 2.75) is 20.0 Å². The summed E-state index contributed by atoms with van der Waals surface area (Å²) < 4.78 is 8.64. The van der Waals surface area contributed by atoms with Gasteiger partial charge in [-0.3, -0.25) is 24.3 Å². The number of halogens is 1. The molecule has 0 bridgehead atoms. The minimum Gasteiger partial charge on any atom is -0.379 e. The fourth-order valence-electron chi connectivity index (χ4n) is 4.40. The van der Waals surface area contributed by atoms with Crippen molar-refractivity contribution in [3.05, 3.63) is 97.1 Å². The molecule has 3 heterocycles. The quantitative estimate of drug-likeness (QED) is 0.492. The molecule has 0 spiro atoms. The molecule has 1 aliphatic rings. The Hall–Kier alpha value is -3.13. The first-order chi connectivity index (χ1) is 16.0. The molecule has 0 saturated carbocycles. The summed E-state index contributed by atoms with van der Waals surface area (Å²) in [7, 11) is 0. The van der Waals surface area contributed by atoms with E-state index in [2.05, 4.69) is 22.1 Å². The highest BCUT2D eigenvalue weighted by Crippen LogP contribution is 2.23. The zero-order chi connectivity index (χ0) is 22.9. The molecular formula is C25H25ClN4O3. The molecule has 5 rings (SSSR count). The SMILES string of the molecule is Cc1c2c(=O)[nH]n(-c3ccccc3Cl)c2cc(=O)n1Cc1ccc(CN2CCOCC2)cc1. The van der Waals surface area contributed by atoms with Gasteiger partial charge in [-0.15, -0.1) is 0 Å². The number of morpholine rings is 1. The van der Waals surface area contributed by atoms with Gasteiger partial charge >= 0.3 is 0 Å². The number of benzene rings is 2. The average Bonchev–Trinajstić information content (AvgIpc) is 3.14. The fourth-order valence-corrected chi connectivity index (χ4v) is 4.62. The van der Waals surface area contributed by atoms with E-state index in [0.717, 1.165) is 38.4 Å². The Balaban J connectivity index is 1.46. The number of rotatable bonds is 5. The zero-order valence-electron chi connectivity index (χ0n) is 18.4. The van der Waals surface area contributed by atoms with Gasteiger partial charge < -0.3 is 9.30 Å². The van der Waals surface area contributed by atoms with Crippen LogP contribution >= 0.6 is 11.6 Å². The Morgan fingerprint density at radius 3 is 2.33 bits per heavy atom. The third kappa shape index (κ3) is 4.27. The predicted octanol–water partition coefficient (Wildman–Crippen LogP) is 3.32. The Morgan fingerprint density at radius 1 is 0.970 bits per heavy atom. The highest BCUT2D eigenvalue weighted by atomic mass is 35.5. The Bertz CT molecular complexity index is 1410. The smallest absolute Gasteiger partial charge is 0.274 e. The number of pyridine rings is 1. The van der Waals surface area contributed by atoms with Crippen molar-refractivity contribution >= 4 is 22.5 Å². The first kappa shape index (κ1) is 21.7. The topological polar surface area (TPSA) is 72.3 Å². The number of H-pyrrole nitrogens is 1. The van der Waals surface area contributed by atoms with Crippen LogP contribution in [-0.4, -0.2) is 45.6 Å². The maximum absolute atomic E-state index is 13.0. The number of hydrogen-bond donors (Lipinski definition) is 1. The zero-order valence-corrected chi connectivity index (χ0v) is 19.1. The summed E-state index contributed by atoms with van der Waals surface area (Å²) in [4.78, 5) is 28.2. The number of aromatic nitrogens is 3. The van der Waals surface area contributed by atoms with Crippen LogP contribution in [0.15, 0.2) is 64.2 Å². The van der Waals surface area contributed by atoms with Crippen molar-refractivity contribution in [2.75, 3.05) is 26.3 Å². The molecular weight excluding hydrogens is 440 g/mol. The standard InChI is InChI=1S/C25H25ClN4O3/c1-17-24-22(30(27-25(24)32)21-5-3-2-4-20(21)26)14-23(31)29(17)16-19-8-6-18(7-9-19)15-28-10-12-33-13-11-28/h2-9,14H,10-13,15-16H2,1H3,(H,27,32). The van der Waals surface area contributed by atoms with Gasteiger partial charge in [0, 0.05) is 31.4 Å². The third-order valence-electron chi connectivity index (χ3n) is 6.20. The van der Waals surface area contributed by atoms with Gasteiger partial charge in [0.05, 0.1) is 41.4 Å². The van der Waals surface area contributed by atoms with E-state index >= 15 is 0 Å². The minimum absolute atomic E-state index is 0.169. The highest BCUT2D eigenvalue weighted by Gasteiger charge is 2.17. The molecule has 4 aromatic rings. The third-order valence-corrected chi connectivity index (χ3v) is 6.52. The average molecular weight is 465 g/mol. The molecule has 33 heavy (non-hydrogen) atoms. The first-order valence-electron chi connectivity index (χ1n) is 11.0. The summed E-state index contributed by atoms with van der Waals surface area (Å²) in [6.45, 7) is 6.54. The molecule has 0 atom stereocenters. The normalized spacial score (nSPS) is 14.7. The second kappa shape index (κ2) is 9.02. The molecule has 0 amide bonds. The van der Waals surface area contributed by atoms with Gasteiger partial charge in [0.1, 0.15) is 0 Å². The molecule has 0 radical (unpaired) electrons. The van der Waals surface area contributed by atoms with Crippen LogP contribution in [0.3, 0.4) is 0 Å². The van der Waals surface area contributed by atoms with Crippen LogP contribution in [0, 0.1) is 6.92 Å². The van der Waals surface area contributed by atoms with Crippen LogP contribution in [0.4, 0.5) is 0 Å². The summed E-state index contributed by atoms with van der Waals surface area (Å²) in [6.07, 6.45) is 0. The van der Waals surface area contributed by atoms with Crippen LogP contribution in [0.2, 0.25) is 5.02 Å². The Morgan fingerprint density at radius 2 is 1.64 bits per heavy atom. The lowest BCUT2D eigenvalue weighted by Crippen LogP contribution is -2.35. The van der Waals surface area contributed by atoms with Crippen molar-refractivity contribution in [3.63, 3.8) is 0 Å². The molecule has 0 unspecified atom stereocenters. The van der Waals surface area contributed by atoms with Gasteiger partial charge in [-0.25, -0.2) is 0 Å².